The molecule has 2 rings (SSSR count). The highest BCUT2D eigenvalue weighted by Gasteiger charge is 2.21. The van der Waals surface area contributed by atoms with E-state index in [1.807, 2.05) is 6.07 Å². The lowest BCUT2D eigenvalue weighted by molar-refractivity contribution is 0.383. The first-order chi connectivity index (χ1) is 6.97. The molecule has 5 nitrogen and oxygen atoms in total. The molecule has 80 valence electrons. The van der Waals surface area contributed by atoms with Crippen LogP contribution in [0.3, 0.4) is 0 Å². The summed E-state index contributed by atoms with van der Waals surface area (Å²) in [7, 11) is 0. The summed E-state index contributed by atoms with van der Waals surface area (Å²) in [6.07, 6.45) is 0. The Morgan fingerprint density at radius 1 is 1.13 bits per heavy atom. The van der Waals surface area contributed by atoms with Crippen LogP contribution in [0.2, 0.25) is 0 Å². The van der Waals surface area contributed by atoms with Gasteiger partial charge in [-0.3, -0.25) is 0 Å². The van der Waals surface area contributed by atoms with E-state index < -0.39 is 0 Å². The summed E-state index contributed by atoms with van der Waals surface area (Å²) in [6, 6.07) is 1.84. The maximum Gasteiger partial charge on any atom is 0.241 e. The van der Waals surface area contributed by atoms with E-state index in [4.69, 9.17) is 9.05 Å². The number of rotatable bonds is 1. The maximum atomic E-state index is 5.16. The van der Waals surface area contributed by atoms with Gasteiger partial charge in [-0.05, 0) is 0 Å². The lowest BCUT2D eigenvalue weighted by Gasteiger charge is -2.12. The lowest BCUT2D eigenvalue weighted by Crippen LogP contribution is -2.10. The first kappa shape index (κ1) is 9.89. The van der Waals surface area contributed by atoms with E-state index in [1.54, 1.807) is 6.92 Å². The first-order valence-corrected chi connectivity index (χ1v) is 4.75. The second-order valence-electron chi connectivity index (χ2n) is 4.46. The Labute approximate surface area is 87.5 Å². The van der Waals surface area contributed by atoms with Crippen LogP contribution in [0.5, 0.6) is 0 Å². The van der Waals surface area contributed by atoms with Crippen LogP contribution in [-0.2, 0) is 5.41 Å². The molecule has 15 heavy (non-hydrogen) atoms. The molecule has 0 aliphatic heterocycles. The van der Waals surface area contributed by atoms with Crippen LogP contribution in [-0.4, -0.2) is 15.3 Å². The smallest absolute Gasteiger partial charge is 0.241 e. The second kappa shape index (κ2) is 3.18. The average Bonchev–Trinajstić information content (AvgIpc) is 2.69. The summed E-state index contributed by atoms with van der Waals surface area (Å²) in [5, 5.41) is 7.74. The molecule has 0 N–H and O–H groups in total. The van der Waals surface area contributed by atoms with Gasteiger partial charge < -0.3 is 9.05 Å². The van der Waals surface area contributed by atoms with Gasteiger partial charge in [0.05, 0.1) is 5.69 Å². The van der Waals surface area contributed by atoms with Gasteiger partial charge in [-0.1, -0.05) is 31.1 Å². The van der Waals surface area contributed by atoms with E-state index >= 15 is 0 Å². The highest BCUT2D eigenvalue weighted by Crippen LogP contribution is 2.25. The average molecular weight is 207 g/mol. The van der Waals surface area contributed by atoms with E-state index in [-0.39, 0.29) is 5.41 Å². The maximum absolute atomic E-state index is 5.16. The quantitative estimate of drug-likeness (QED) is 0.718. The Hall–Kier alpha value is -1.65. The van der Waals surface area contributed by atoms with Gasteiger partial charge >= 0.3 is 0 Å². The molecule has 0 aromatic carbocycles. The Morgan fingerprint density at radius 3 is 2.33 bits per heavy atom. The molecular weight excluding hydrogens is 194 g/mol. The minimum absolute atomic E-state index is 0.0411. The van der Waals surface area contributed by atoms with Crippen LogP contribution in [0, 0.1) is 6.92 Å². The second-order valence-corrected chi connectivity index (χ2v) is 4.46. The van der Waals surface area contributed by atoms with Crippen molar-refractivity contribution in [3.05, 3.63) is 17.7 Å². The molecule has 0 saturated heterocycles. The van der Waals surface area contributed by atoms with Crippen molar-refractivity contribution >= 4 is 0 Å². The van der Waals surface area contributed by atoms with E-state index in [2.05, 4.69) is 36.1 Å². The number of hydrogen-bond donors (Lipinski definition) is 0. The Balaban J connectivity index is 2.36. The third-order valence-electron chi connectivity index (χ3n) is 2.03. The first-order valence-electron chi connectivity index (χ1n) is 4.75. The zero-order chi connectivity index (χ0) is 11.1. The van der Waals surface area contributed by atoms with Gasteiger partial charge in [0.25, 0.3) is 0 Å². The monoisotopic (exact) mass is 207 g/mol. The highest BCUT2D eigenvalue weighted by molar-refractivity contribution is 5.46. The molecule has 5 heteroatoms. The Bertz CT molecular complexity index is 465. The predicted molar refractivity (Wildman–Crippen MR) is 53.2 cm³/mol. The fraction of sp³-hybridized carbons (Fsp3) is 0.500. The highest BCUT2D eigenvalue weighted by atomic mass is 16.5. The van der Waals surface area contributed by atoms with Crippen LogP contribution in [0.15, 0.2) is 15.1 Å². The van der Waals surface area contributed by atoms with Crippen LogP contribution >= 0.6 is 0 Å². The molecule has 0 amide bonds. The third kappa shape index (κ3) is 1.91. The summed E-state index contributed by atoms with van der Waals surface area (Å²) >= 11 is 0. The molecule has 0 saturated carbocycles. The van der Waals surface area contributed by atoms with E-state index in [0.717, 1.165) is 5.69 Å². The van der Waals surface area contributed by atoms with Crippen molar-refractivity contribution in [3.63, 3.8) is 0 Å². The van der Waals surface area contributed by atoms with Gasteiger partial charge in [-0.2, -0.15) is 4.98 Å². The molecule has 0 unspecified atom stereocenters. The van der Waals surface area contributed by atoms with Crippen LogP contribution in [0.4, 0.5) is 0 Å². The normalized spacial score (nSPS) is 12.0. The zero-order valence-corrected chi connectivity index (χ0v) is 9.24. The van der Waals surface area contributed by atoms with Crippen molar-refractivity contribution in [1.29, 1.82) is 0 Å². The molecule has 2 aromatic rings. The molecule has 0 atom stereocenters. The van der Waals surface area contributed by atoms with Gasteiger partial charge in [-0.25, -0.2) is 0 Å². The summed E-state index contributed by atoms with van der Waals surface area (Å²) in [4.78, 5) is 4.06. The van der Waals surface area contributed by atoms with E-state index in [1.165, 1.54) is 0 Å². The summed E-state index contributed by atoms with van der Waals surface area (Å²) in [5.41, 5.74) is 0.834. The number of aryl methyl sites for hydroxylation is 1. The van der Waals surface area contributed by atoms with Gasteiger partial charge in [0.15, 0.2) is 0 Å². The molecule has 0 radical (unpaired) electrons. The molecule has 0 fully saturated rings. The third-order valence-corrected chi connectivity index (χ3v) is 2.03. The fourth-order valence-corrected chi connectivity index (χ4v) is 1.13. The minimum atomic E-state index is -0.0411. The predicted octanol–water partition coefficient (Wildman–Crippen LogP) is 2.33. The zero-order valence-electron chi connectivity index (χ0n) is 9.24. The molecule has 2 heterocycles. The lowest BCUT2D eigenvalue weighted by atomic mass is 9.92. The van der Waals surface area contributed by atoms with E-state index in [0.29, 0.717) is 17.5 Å². The van der Waals surface area contributed by atoms with Crippen molar-refractivity contribution in [2.24, 2.45) is 0 Å². The molecular formula is C10H13N3O2. The van der Waals surface area contributed by atoms with Crippen molar-refractivity contribution in [2.75, 3.05) is 0 Å². The van der Waals surface area contributed by atoms with Crippen molar-refractivity contribution in [1.82, 2.24) is 15.3 Å². The van der Waals surface area contributed by atoms with Gasteiger partial charge in [-0.15, -0.1) is 0 Å². The van der Waals surface area contributed by atoms with E-state index in [9.17, 15) is 0 Å². The van der Waals surface area contributed by atoms with Gasteiger partial charge in [0, 0.05) is 18.4 Å². The summed E-state index contributed by atoms with van der Waals surface area (Å²) < 4.78 is 10.0. The van der Waals surface area contributed by atoms with Crippen molar-refractivity contribution in [2.45, 2.75) is 33.1 Å². The van der Waals surface area contributed by atoms with Crippen LogP contribution < -0.4 is 0 Å². The fourth-order valence-electron chi connectivity index (χ4n) is 1.13. The largest absolute Gasteiger partial charge is 0.352 e. The van der Waals surface area contributed by atoms with Gasteiger partial charge in [0.2, 0.25) is 17.5 Å². The van der Waals surface area contributed by atoms with Crippen molar-refractivity contribution in [3.8, 4) is 11.6 Å². The van der Waals surface area contributed by atoms with Gasteiger partial charge in [0.1, 0.15) is 0 Å². The topological polar surface area (TPSA) is 65.0 Å². The summed E-state index contributed by atoms with van der Waals surface area (Å²) in [6.45, 7) is 7.93. The number of aromatic nitrogens is 3. The van der Waals surface area contributed by atoms with Crippen molar-refractivity contribution < 1.29 is 9.05 Å². The number of nitrogens with zero attached hydrogens (tertiary/aromatic N) is 3. The summed E-state index contributed by atoms with van der Waals surface area (Å²) in [5.74, 6) is 1.49. The molecule has 0 bridgehead atoms. The SMILES string of the molecule is Cc1nc(-c2cc(C(C)(C)C)no2)no1. The molecule has 0 aliphatic rings. The Morgan fingerprint density at radius 2 is 1.87 bits per heavy atom. The standard InChI is InChI=1S/C10H13N3O2/c1-6-11-9(13-14-6)7-5-8(12-15-7)10(2,3)4/h5H,1-4H3. The Kier molecular flexibility index (Phi) is 2.10. The molecule has 0 aliphatic carbocycles. The molecule has 2 aromatic heterocycles. The van der Waals surface area contributed by atoms with Crippen LogP contribution in [0.1, 0.15) is 32.4 Å². The minimum Gasteiger partial charge on any atom is -0.352 e. The number of hydrogen-bond acceptors (Lipinski definition) is 5. The molecule has 0 spiro atoms. The van der Waals surface area contributed by atoms with Crippen LogP contribution in [0.25, 0.3) is 11.6 Å².